The molecule has 0 aliphatic heterocycles. The van der Waals surface area contributed by atoms with Gasteiger partial charge >= 0.3 is 5.97 Å². The summed E-state index contributed by atoms with van der Waals surface area (Å²) in [4.78, 5) is 15.5. The predicted octanol–water partition coefficient (Wildman–Crippen LogP) is 5.45. The van der Waals surface area contributed by atoms with E-state index < -0.39 is 5.54 Å². The fourth-order valence-electron chi connectivity index (χ4n) is 3.60. The maximum atomic E-state index is 13.4. The van der Waals surface area contributed by atoms with Crippen LogP contribution in [-0.4, -0.2) is 23.0 Å². The Morgan fingerprint density at radius 2 is 1.29 bits per heavy atom. The van der Waals surface area contributed by atoms with Crippen molar-refractivity contribution in [3.63, 3.8) is 0 Å². The van der Waals surface area contributed by atoms with Crippen LogP contribution in [0.1, 0.15) is 37.0 Å². The number of carbonyl (C=O) groups excluding carboxylic acids is 1. The van der Waals surface area contributed by atoms with Crippen molar-refractivity contribution in [2.75, 3.05) is 6.61 Å². The molecule has 0 heterocycles. The van der Waals surface area contributed by atoms with Crippen molar-refractivity contribution in [2.24, 2.45) is 0 Å². The standard InChI is InChI=1S/C28H29NO2/c1-3-28(27(30)31-4-2,21-20-24-14-8-5-9-15-24)29(22-25-16-10-6-11-17-25)23-26-18-12-7-13-19-26/h5-19H,3-4,22-23H2,1-2H3. The van der Waals surface area contributed by atoms with Gasteiger partial charge in [0.15, 0.2) is 5.54 Å². The Labute approximate surface area is 185 Å². The first-order valence-electron chi connectivity index (χ1n) is 10.8. The highest BCUT2D eigenvalue weighted by molar-refractivity contribution is 5.85. The van der Waals surface area contributed by atoms with Crippen molar-refractivity contribution in [2.45, 2.75) is 38.9 Å². The van der Waals surface area contributed by atoms with Gasteiger partial charge in [-0.05, 0) is 36.6 Å². The van der Waals surface area contributed by atoms with Gasteiger partial charge in [-0.25, -0.2) is 4.79 Å². The van der Waals surface area contributed by atoms with Crippen LogP contribution in [0.15, 0.2) is 91.0 Å². The van der Waals surface area contributed by atoms with Crippen LogP contribution in [0.5, 0.6) is 0 Å². The van der Waals surface area contributed by atoms with Crippen LogP contribution in [0, 0.1) is 11.8 Å². The van der Waals surface area contributed by atoms with E-state index in [9.17, 15) is 4.79 Å². The molecule has 0 aliphatic carbocycles. The van der Waals surface area contributed by atoms with Crippen molar-refractivity contribution < 1.29 is 9.53 Å². The average molecular weight is 412 g/mol. The van der Waals surface area contributed by atoms with Crippen LogP contribution in [-0.2, 0) is 22.6 Å². The fraction of sp³-hybridized carbons (Fsp3) is 0.250. The van der Waals surface area contributed by atoms with E-state index in [1.807, 2.05) is 80.6 Å². The molecule has 0 saturated carbocycles. The van der Waals surface area contributed by atoms with E-state index in [-0.39, 0.29) is 5.97 Å². The summed E-state index contributed by atoms with van der Waals surface area (Å²) < 4.78 is 5.56. The molecule has 0 saturated heterocycles. The molecule has 3 heteroatoms. The lowest BCUT2D eigenvalue weighted by molar-refractivity contribution is -0.155. The van der Waals surface area contributed by atoms with E-state index in [0.29, 0.717) is 26.1 Å². The van der Waals surface area contributed by atoms with Gasteiger partial charge in [0.1, 0.15) is 0 Å². The number of nitrogens with zero attached hydrogens (tertiary/aromatic N) is 1. The minimum atomic E-state index is -1.06. The molecule has 3 aromatic carbocycles. The lowest BCUT2D eigenvalue weighted by atomic mass is 9.92. The number of benzene rings is 3. The topological polar surface area (TPSA) is 29.5 Å². The molecule has 0 fully saturated rings. The lowest BCUT2D eigenvalue weighted by Crippen LogP contribution is -2.53. The first-order chi connectivity index (χ1) is 15.2. The zero-order chi connectivity index (χ0) is 21.9. The molecule has 3 nitrogen and oxygen atoms in total. The quantitative estimate of drug-likeness (QED) is 0.364. The smallest absolute Gasteiger partial charge is 0.339 e. The molecular formula is C28H29NO2. The normalized spacial score (nSPS) is 12.5. The molecule has 1 atom stereocenters. The summed E-state index contributed by atoms with van der Waals surface area (Å²) in [6.07, 6.45) is 0.519. The van der Waals surface area contributed by atoms with Crippen LogP contribution in [0.2, 0.25) is 0 Å². The van der Waals surface area contributed by atoms with Gasteiger partial charge in [0.05, 0.1) is 6.61 Å². The average Bonchev–Trinajstić information content (AvgIpc) is 2.82. The molecule has 158 valence electrons. The van der Waals surface area contributed by atoms with E-state index in [2.05, 4.69) is 41.0 Å². The highest BCUT2D eigenvalue weighted by Crippen LogP contribution is 2.27. The van der Waals surface area contributed by atoms with Gasteiger partial charge in [0.25, 0.3) is 0 Å². The lowest BCUT2D eigenvalue weighted by Gasteiger charge is -2.38. The Kier molecular flexibility index (Phi) is 8.04. The van der Waals surface area contributed by atoms with Crippen molar-refractivity contribution in [1.29, 1.82) is 0 Å². The van der Waals surface area contributed by atoms with Gasteiger partial charge in [-0.15, -0.1) is 0 Å². The molecule has 0 bridgehead atoms. The predicted molar refractivity (Wildman–Crippen MR) is 125 cm³/mol. The summed E-state index contributed by atoms with van der Waals surface area (Å²) in [7, 11) is 0. The van der Waals surface area contributed by atoms with Gasteiger partial charge in [-0.3, -0.25) is 4.90 Å². The Balaban J connectivity index is 2.08. The van der Waals surface area contributed by atoms with Crippen LogP contribution in [0.25, 0.3) is 0 Å². The van der Waals surface area contributed by atoms with Gasteiger partial charge in [-0.1, -0.05) is 97.6 Å². The van der Waals surface area contributed by atoms with E-state index >= 15 is 0 Å². The van der Waals surface area contributed by atoms with E-state index in [0.717, 1.165) is 16.7 Å². The summed E-state index contributed by atoms with van der Waals surface area (Å²) in [5, 5.41) is 0. The summed E-state index contributed by atoms with van der Waals surface area (Å²) in [6, 6.07) is 30.2. The third-order valence-corrected chi connectivity index (χ3v) is 5.28. The highest BCUT2D eigenvalue weighted by atomic mass is 16.5. The monoisotopic (exact) mass is 411 g/mol. The largest absolute Gasteiger partial charge is 0.464 e. The second kappa shape index (κ2) is 11.2. The zero-order valence-electron chi connectivity index (χ0n) is 18.3. The second-order valence-electron chi connectivity index (χ2n) is 7.38. The number of rotatable bonds is 8. The van der Waals surface area contributed by atoms with E-state index in [1.54, 1.807) is 0 Å². The molecule has 3 aromatic rings. The zero-order valence-corrected chi connectivity index (χ0v) is 18.3. The first-order valence-corrected chi connectivity index (χ1v) is 10.8. The van der Waals surface area contributed by atoms with Crippen LogP contribution in [0.3, 0.4) is 0 Å². The number of carbonyl (C=O) groups is 1. The molecular weight excluding hydrogens is 382 g/mol. The number of ether oxygens (including phenoxy) is 1. The minimum Gasteiger partial charge on any atom is -0.464 e. The van der Waals surface area contributed by atoms with Crippen LogP contribution in [0.4, 0.5) is 0 Å². The Bertz CT molecular complexity index is 965. The van der Waals surface area contributed by atoms with Crippen LogP contribution < -0.4 is 0 Å². The molecule has 1 unspecified atom stereocenters. The van der Waals surface area contributed by atoms with E-state index in [1.165, 1.54) is 0 Å². The Hall–Kier alpha value is -3.35. The van der Waals surface area contributed by atoms with Crippen molar-refractivity contribution in [1.82, 2.24) is 4.90 Å². The third kappa shape index (κ3) is 5.84. The number of hydrogen-bond acceptors (Lipinski definition) is 3. The summed E-state index contributed by atoms with van der Waals surface area (Å²) in [5.74, 6) is 6.26. The van der Waals surface area contributed by atoms with Crippen molar-refractivity contribution in [3.8, 4) is 11.8 Å². The molecule has 0 aromatic heterocycles. The molecule has 0 spiro atoms. The maximum Gasteiger partial charge on any atom is 0.339 e. The molecule has 31 heavy (non-hydrogen) atoms. The van der Waals surface area contributed by atoms with Crippen molar-refractivity contribution >= 4 is 5.97 Å². The third-order valence-electron chi connectivity index (χ3n) is 5.28. The first kappa shape index (κ1) is 22.3. The second-order valence-corrected chi connectivity index (χ2v) is 7.38. The Morgan fingerprint density at radius 3 is 1.74 bits per heavy atom. The van der Waals surface area contributed by atoms with Gasteiger partial charge < -0.3 is 4.74 Å². The summed E-state index contributed by atoms with van der Waals surface area (Å²) >= 11 is 0. The van der Waals surface area contributed by atoms with Crippen molar-refractivity contribution in [3.05, 3.63) is 108 Å². The number of esters is 1. The summed E-state index contributed by atoms with van der Waals surface area (Å²) in [5.41, 5.74) is 2.07. The molecule has 0 N–H and O–H groups in total. The van der Waals surface area contributed by atoms with Gasteiger partial charge in [0.2, 0.25) is 0 Å². The van der Waals surface area contributed by atoms with Crippen LogP contribution >= 0.6 is 0 Å². The molecule has 0 amide bonds. The SMILES string of the molecule is CCOC(=O)C(C#Cc1ccccc1)(CC)N(Cc1ccccc1)Cc1ccccc1. The fourth-order valence-corrected chi connectivity index (χ4v) is 3.60. The van der Waals surface area contributed by atoms with E-state index in [4.69, 9.17) is 4.74 Å². The molecule has 0 radical (unpaired) electrons. The number of hydrogen-bond donors (Lipinski definition) is 0. The Morgan fingerprint density at radius 1 is 0.806 bits per heavy atom. The van der Waals surface area contributed by atoms with Gasteiger partial charge in [0, 0.05) is 18.7 Å². The van der Waals surface area contributed by atoms with Gasteiger partial charge in [-0.2, -0.15) is 0 Å². The maximum absolute atomic E-state index is 13.4. The molecule has 3 rings (SSSR count). The summed E-state index contributed by atoms with van der Waals surface area (Å²) in [6.45, 7) is 5.33. The molecule has 0 aliphatic rings. The minimum absolute atomic E-state index is 0.298. The highest BCUT2D eigenvalue weighted by Gasteiger charge is 2.43.